The van der Waals surface area contributed by atoms with Crippen LogP contribution in [0.5, 0.6) is 0 Å². The number of benzene rings is 2. The van der Waals surface area contributed by atoms with E-state index in [4.69, 9.17) is 4.74 Å². The molecule has 3 rings (SSSR count). The van der Waals surface area contributed by atoms with Crippen molar-refractivity contribution in [3.8, 4) is 0 Å². The quantitative estimate of drug-likeness (QED) is 0.434. The van der Waals surface area contributed by atoms with Gasteiger partial charge in [0.2, 0.25) is 11.8 Å². The molecule has 0 unspecified atom stereocenters. The van der Waals surface area contributed by atoms with Crippen molar-refractivity contribution in [2.45, 2.75) is 77.0 Å². The van der Waals surface area contributed by atoms with Crippen LogP contribution in [0, 0.1) is 5.92 Å². The summed E-state index contributed by atoms with van der Waals surface area (Å²) in [6, 6.07) is 16.3. The third-order valence-electron chi connectivity index (χ3n) is 7.16. The number of likely N-dealkylation sites (tertiary alicyclic amines) is 1. The first-order valence-corrected chi connectivity index (χ1v) is 13.7. The van der Waals surface area contributed by atoms with E-state index in [1.54, 1.807) is 30.9 Å². The van der Waals surface area contributed by atoms with E-state index < -0.39 is 41.1 Å². The molecule has 9 nitrogen and oxygen atoms in total. The Balaban J connectivity index is 1.79. The van der Waals surface area contributed by atoms with Gasteiger partial charge in [-0.2, -0.15) is 0 Å². The van der Waals surface area contributed by atoms with E-state index in [1.165, 1.54) is 0 Å². The Morgan fingerprint density at radius 1 is 0.925 bits per heavy atom. The molecule has 3 N–H and O–H groups in total. The van der Waals surface area contributed by atoms with Crippen LogP contribution in [0.25, 0.3) is 0 Å². The van der Waals surface area contributed by atoms with E-state index >= 15 is 0 Å². The zero-order valence-electron chi connectivity index (χ0n) is 24.0. The van der Waals surface area contributed by atoms with Gasteiger partial charge in [-0.3, -0.25) is 9.59 Å². The largest absolute Gasteiger partial charge is 0.480 e. The number of carbonyl (C=O) groups is 4. The SMILES string of the molecule is CC(C)[C@@H](NC(=O)C1(c2ccccc2)CCN(C(=O)OC(C)(C)C)CC1)C(=O)N[C@@H](Cc1ccccc1)C(=O)O. The number of hydrogen-bond acceptors (Lipinski definition) is 5. The van der Waals surface area contributed by atoms with Crippen LogP contribution in [0.15, 0.2) is 60.7 Å². The minimum absolute atomic E-state index is 0.120. The second-order valence-electron chi connectivity index (χ2n) is 11.7. The predicted molar refractivity (Wildman–Crippen MR) is 152 cm³/mol. The minimum atomic E-state index is -1.15. The van der Waals surface area contributed by atoms with Crippen molar-refractivity contribution in [3.63, 3.8) is 0 Å². The predicted octanol–water partition coefficient (Wildman–Crippen LogP) is 3.91. The Kier molecular flexibility index (Phi) is 9.95. The standard InChI is InChI=1S/C31H41N3O6/c1-21(2)25(26(35)32-24(27(36)37)20-22-12-8-6-9-13-22)33-28(38)31(23-14-10-7-11-15-23)16-18-34(19-17-31)29(39)40-30(3,4)5/h6-15,21,24-25H,16-20H2,1-5H3,(H,32,35)(H,33,38)(H,36,37)/t24-,25+/m0/s1. The number of amides is 3. The number of aliphatic carboxylic acids is 1. The summed E-state index contributed by atoms with van der Waals surface area (Å²) < 4.78 is 5.52. The number of piperidine rings is 1. The number of carbonyl (C=O) groups excluding carboxylic acids is 3. The van der Waals surface area contributed by atoms with Gasteiger partial charge in [0, 0.05) is 19.5 Å². The second-order valence-corrected chi connectivity index (χ2v) is 11.7. The highest BCUT2D eigenvalue weighted by Gasteiger charge is 2.45. The molecule has 0 spiro atoms. The first-order chi connectivity index (χ1) is 18.8. The molecular weight excluding hydrogens is 510 g/mol. The molecule has 0 aliphatic carbocycles. The molecule has 0 saturated carbocycles. The normalized spacial score (nSPS) is 16.5. The summed E-state index contributed by atoms with van der Waals surface area (Å²) in [6.07, 6.45) is 0.391. The Bertz CT molecular complexity index is 1170. The summed E-state index contributed by atoms with van der Waals surface area (Å²) in [5, 5.41) is 15.3. The van der Waals surface area contributed by atoms with E-state index in [9.17, 15) is 24.3 Å². The van der Waals surface area contributed by atoms with Crippen molar-refractivity contribution in [1.29, 1.82) is 0 Å². The average molecular weight is 552 g/mol. The third-order valence-corrected chi connectivity index (χ3v) is 7.16. The lowest BCUT2D eigenvalue weighted by molar-refractivity contribution is -0.142. The van der Waals surface area contributed by atoms with E-state index in [-0.39, 0.29) is 18.2 Å². The number of hydrogen-bond donors (Lipinski definition) is 3. The van der Waals surface area contributed by atoms with Crippen molar-refractivity contribution in [3.05, 3.63) is 71.8 Å². The molecule has 2 atom stereocenters. The first kappa shape index (κ1) is 30.7. The molecule has 0 bridgehead atoms. The van der Waals surface area contributed by atoms with Gasteiger partial charge in [-0.05, 0) is 50.7 Å². The second kappa shape index (κ2) is 13.0. The topological polar surface area (TPSA) is 125 Å². The fraction of sp³-hybridized carbons (Fsp3) is 0.484. The zero-order chi connectivity index (χ0) is 29.5. The molecule has 1 heterocycles. The number of nitrogens with zero attached hydrogens (tertiary/aromatic N) is 1. The number of nitrogens with one attached hydrogen (secondary N) is 2. The molecule has 0 aromatic heterocycles. The van der Waals surface area contributed by atoms with Gasteiger partial charge < -0.3 is 25.4 Å². The summed E-state index contributed by atoms with van der Waals surface area (Å²) in [5.74, 6) is -2.33. The molecule has 1 aliphatic heterocycles. The van der Waals surface area contributed by atoms with Gasteiger partial charge in [0.15, 0.2) is 0 Å². The molecular formula is C31H41N3O6. The van der Waals surface area contributed by atoms with Crippen molar-refractivity contribution in [2.24, 2.45) is 5.92 Å². The summed E-state index contributed by atoms with van der Waals surface area (Å²) >= 11 is 0. The lowest BCUT2D eigenvalue weighted by atomic mass is 9.71. The Hall–Kier alpha value is -3.88. The minimum Gasteiger partial charge on any atom is -0.480 e. The van der Waals surface area contributed by atoms with Crippen molar-refractivity contribution < 1.29 is 29.0 Å². The molecule has 9 heteroatoms. The first-order valence-electron chi connectivity index (χ1n) is 13.7. The summed E-state index contributed by atoms with van der Waals surface area (Å²) in [6.45, 7) is 9.66. The molecule has 1 aliphatic rings. The van der Waals surface area contributed by atoms with Crippen molar-refractivity contribution in [2.75, 3.05) is 13.1 Å². The third kappa shape index (κ3) is 7.83. The van der Waals surface area contributed by atoms with Crippen LogP contribution in [0.3, 0.4) is 0 Å². The van der Waals surface area contributed by atoms with E-state index in [1.807, 2.05) is 69.3 Å². The summed E-state index contributed by atoms with van der Waals surface area (Å²) in [4.78, 5) is 53.6. The maximum atomic E-state index is 14.0. The summed E-state index contributed by atoms with van der Waals surface area (Å²) in [5.41, 5.74) is -0.0234. The summed E-state index contributed by atoms with van der Waals surface area (Å²) in [7, 11) is 0. The van der Waals surface area contributed by atoms with Crippen LogP contribution in [0.1, 0.15) is 58.6 Å². The Morgan fingerprint density at radius 2 is 1.48 bits per heavy atom. The van der Waals surface area contributed by atoms with Crippen LogP contribution < -0.4 is 10.6 Å². The fourth-order valence-electron chi connectivity index (χ4n) is 4.93. The number of carboxylic acid groups (broad SMARTS) is 1. The lowest BCUT2D eigenvalue weighted by Gasteiger charge is -2.42. The van der Waals surface area contributed by atoms with Gasteiger partial charge in [-0.1, -0.05) is 74.5 Å². The van der Waals surface area contributed by atoms with E-state index in [0.29, 0.717) is 25.9 Å². The number of carboxylic acids is 1. The molecule has 1 fully saturated rings. The zero-order valence-corrected chi connectivity index (χ0v) is 24.0. The molecule has 2 aromatic rings. The number of ether oxygens (including phenoxy) is 1. The average Bonchev–Trinajstić information content (AvgIpc) is 2.91. The van der Waals surface area contributed by atoms with Crippen LogP contribution in [0.2, 0.25) is 0 Å². The van der Waals surface area contributed by atoms with Gasteiger partial charge >= 0.3 is 12.1 Å². The lowest BCUT2D eigenvalue weighted by Crippen LogP contribution is -2.59. The molecule has 216 valence electrons. The van der Waals surface area contributed by atoms with Gasteiger partial charge in [-0.25, -0.2) is 9.59 Å². The maximum Gasteiger partial charge on any atom is 0.410 e. The van der Waals surface area contributed by atoms with E-state index in [0.717, 1.165) is 11.1 Å². The van der Waals surface area contributed by atoms with Gasteiger partial charge in [0.1, 0.15) is 17.7 Å². The van der Waals surface area contributed by atoms with Crippen LogP contribution in [-0.2, 0) is 31.0 Å². The van der Waals surface area contributed by atoms with Gasteiger partial charge in [0.25, 0.3) is 0 Å². The molecule has 3 amide bonds. The molecule has 0 radical (unpaired) electrons. The van der Waals surface area contributed by atoms with Crippen molar-refractivity contribution >= 4 is 23.9 Å². The highest BCUT2D eigenvalue weighted by Crippen LogP contribution is 2.36. The van der Waals surface area contributed by atoms with Crippen molar-refractivity contribution in [1.82, 2.24) is 15.5 Å². The highest BCUT2D eigenvalue weighted by atomic mass is 16.6. The fourth-order valence-corrected chi connectivity index (χ4v) is 4.93. The van der Waals surface area contributed by atoms with Crippen LogP contribution in [0.4, 0.5) is 4.79 Å². The smallest absolute Gasteiger partial charge is 0.410 e. The molecule has 1 saturated heterocycles. The van der Waals surface area contributed by atoms with Gasteiger partial charge in [0.05, 0.1) is 5.41 Å². The molecule has 40 heavy (non-hydrogen) atoms. The Labute approximate surface area is 236 Å². The molecule has 2 aromatic carbocycles. The maximum absolute atomic E-state index is 14.0. The van der Waals surface area contributed by atoms with Gasteiger partial charge in [-0.15, -0.1) is 0 Å². The van der Waals surface area contributed by atoms with Crippen LogP contribution >= 0.6 is 0 Å². The highest BCUT2D eigenvalue weighted by molar-refractivity contribution is 5.94. The number of rotatable bonds is 9. The van der Waals surface area contributed by atoms with Crippen LogP contribution in [-0.4, -0.2) is 64.7 Å². The van der Waals surface area contributed by atoms with E-state index in [2.05, 4.69) is 10.6 Å². The Morgan fingerprint density at radius 3 is 1.98 bits per heavy atom. The monoisotopic (exact) mass is 551 g/mol.